The van der Waals surface area contributed by atoms with Crippen LogP contribution in [0.5, 0.6) is 0 Å². The van der Waals surface area contributed by atoms with Gasteiger partial charge < -0.3 is 5.32 Å². The van der Waals surface area contributed by atoms with Gasteiger partial charge in [0.15, 0.2) is 0 Å². The van der Waals surface area contributed by atoms with Crippen LogP contribution in [0.3, 0.4) is 0 Å². The summed E-state index contributed by atoms with van der Waals surface area (Å²) in [5.41, 5.74) is 2.28. The zero-order valence-corrected chi connectivity index (χ0v) is 11.5. The van der Waals surface area contributed by atoms with Crippen molar-refractivity contribution < 1.29 is 8.78 Å². The van der Waals surface area contributed by atoms with Crippen LogP contribution in [0, 0.1) is 18.6 Å². The van der Waals surface area contributed by atoms with E-state index >= 15 is 0 Å². The normalized spacial score (nSPS) is 10.8. The molecule has 100 valence electrons. The second kappa shape index (κ2) is 5.68. The average Bonchev–Trinajstić information content (AvgIpc) is 2.37. The van der Waals surface area contributed by atoms with E-state index in [1.165, 1.54) is 12.1 Å². The molecule has 0 unspecified atom stereocenters. The van der Waals surface area contributed by atoms with E-state index in [9.17, 15) is 8.78 Å². The second-order valence-corrected chi connectivity index (χ2v) is 4.83. The molecule has 19 heavy (non-hydrogen) atoms. The quantitative estimate of drug-likeness (QED) is 0.884. The molecule has 1 N–H and O–H groups in total. The Morgan fingerprint density at radius 2 is 1.79 bits per heavy atom. The van der Waals surface area contributed by atoms with Crippen molar-refractivity contribution in [3.8, 4) is 11.1 Å². The van der Waals surface area contributed by atoms with Gasteiger partial charge in [-0.1, -0.05) is 17.7 Å². The van der Waals surface area contributed by atoms with E-state index in [2.05, 4.69) is 5.32 Å². The highest BCUT2D eigenvalue weighted by molar-refractivity contribution is 6.33. The molecule has 0 saturated heterocycles. The van der Waals surface area contributed by atoms with Gasteiger partial charge in [-0.15, -0.1) is 0 Å². The van der Waals surface area contributed by atoms with E-state index in [4.69, 9.17) is 11.6 Å². The maximum atomic E-state index is 13.9. The Morgan fingerprint density at radius 1 is 1.05 bits per heavy atom. The number of hydrogen-bond acceptors (Lipinski definition) is 1. The number of aryl methyl sites for hydroxylation is 1. The summed E-state index contributed by atoms with van der Waals surface area (Å²) in [5.74, 6) is -0.756. The first-order valence-corrected chi connectivity index (χ1v) is 6.29. The minimum atomic E-state index is -0.388. The summed E-state index contributed by atoms with van der Waals surface area (Å²) >= 11 is 6.02. The van der Waals surface area contributed by atoms with Crippen molar-refractivity contribution in [2.75, 3.05) is 7.05 Å². The van der Waals surface area contributed by atoms with Crippen molar-refractivity contribution in [1.29, 1.82) is 0 Å². The SMILES string of the molecule is CNCc1ccc(F)c(-c2cc(C)c(F)cc2Cl)c1. The smallest absolute Gasteiger partial charge is 0.131 e. The van der Waals surface area contributed by atoms with Crippen molar-refractivity contribution in [2.45, 2.75) is 13.5 Å². The maximum absolute atomic E-state index is 13.9. The molecule has 0 spiro atoms. The molecular weight excluding hydrogens is 268 g/mol. The molecule has 0 aliphatic heterocycles. The van der Waals surface area contributed by atoms with Gasteiger partial charge >= 0.3 is 0 Å². The molecule has 0 bridgehead atoms. The van der Waals surface area contributed by atoms with E-state index in [0.29, 0.717) is 23.2 Å². The first kappa shape index (κ1) is 14.0. The molecule has 4 heteroatoms. The molecule has 0 saturated carbocycles. The first-order chi connectivity index (χ1) is 9.02. The monoisotopic (exact) mass is 281 g/mol. The van der Waals surface area contributed by atoms with Crippen LogP contribution in [0.15, 0.2) is 30.3 Å². The van der Waals surface area contributed by atoms with Crippen LogP contribution in [-0.2, 0) is 6.54 Å². The zero-order valence-electron chi connectivity index (χ0n) is 10.7. The third kappa shape index (κ3) is 2.94. The molecule has 2 aromatic rings. The Hall–Kier alpha value is -1.45. The Morgan fingerprint density at radius 3 is 2.47 bits per heavy atom. The van der Waals surface area contributed by atoms with E-state index in [1.54, 1.807) is 25.1 Å². The molecule has 0 amide bonds. The molecule has 0 fully saturated rings. The van der Waals surface area contributed by atoms with Crippen molar-refractivity contribution >= 4 is 11.6 Å². The largest absolute Gasteiger partial charge is 0.316 e. The van der Waals surface area contributed by atoms with E-state index in [-0.39, 0.29) is 16.7 Å². The Labute approximate surface area is 116 Å². The lowest BCUT2D eigenvalue weighted by molar-refractivity contribution is 0.617. The summed E-state index contributed by atoms with van der Waals surface area (Å²) in [4.78, 5) is 0. The van der Waals surface area contributed by atoms with Crippen LogP contribution in [0.1, 0.15) is 11.1 Å². The predicted octanol–water partition coefficient (Wildman–Crippen LogP) is 4.31. The zero-order chi connectivity index (χ0) is 14.0. The minimum absolute atomic E-state index is 0.212. The van der Waals surface area contributed by atoms with E-state index in [0.717, 1.165) is 5.56 Å². The second-order valence-electron chi connectivity index (χ2n) is 4.43. The van der Waals surface area contributed by atoms with Gasteiger partial charge in [0.1, 0.15) is 11.6 Å². The lowest BCUT2D eigenvalue weighted by Gasteiger charge is -2.10. The molecule has 0 atom stereocenters. The lowest BCUT2D eigenvalue weighted by atomic mass is 10.0. The summed E-state index contributed by atoms with van der Waals surface area (Å²) in [6, 6.07) is 7.62. The molecule has 2 aromatic carbocycles. The first-order valence-electron chi connectivity index (χ1n) is 5.92. The topological polar surface area (TPSA) is 12.0 Å². The van der Waals surface area contributed by atoms with Crippen LogP contribution in [-0.4, -0.2) is 7.05 Å². The minimum Gasteiger partial charge on any atom is -0.316 e. The van der Waals surface area contributed by atoms with E-state index in [1.807, 2.05) is 7.05 Å². The predicted molar refractivity (Wildman–Crippen MR) is 74.3 cm³/mol. The third-order valence-electron chi connectivity index (χ3n) is 2.95. The van der Waals surface area contributed by atoms with Crippen molar-refractivity contribution in [3.05, 3.63) is 58.1 Å². The maximum Gasteiger partial charge on any atom is 0.131 e. The highest BCUT2D eigenvalue weighted by Crippen LogP contribution is 2.32. The van der Waals surface area contributed by atoms with Gasteiger partial charge in [0.25, 0.3) is 0 Å². The molecule has 0 aliphatic carbocycles. The van der Waals surface area contributed by atoms with Crippen LogP contribution in [0.4, 0.5) is 8.78 Å². The third-order valence-corrected chi connectivity index (χ3v) is 3.26. The van der Waals surface area contributed by atoms with Crippen LogP contribution < -0.4 is 5.32 Å². The summed E-state index contributed by atoms with van der Waals surface area (Å²) in [6.07, 6.45) is 0. The Bertz CT molecular complexity index is 611. The lowest BCUT2D eigenvalue weighted by Crippen LogP contribution is -2.05. The number of nitrogens with one attached hydrogen (secondary N) is 1. The van der Waals surface area contributed by atoms with Crippen molar-refractivity contribution in [2.24, 2.45) is 0 Å². The van der Waals surface area contributed by atoms with Gasteiger partial charge in [0, 0.05) is 17.7 Å². The highest BCUT2D eigenvalue weighted by Gasteiger charge is 2.12. The van der Waals surface area contributed by atoms with Crippen LogP contribution >= 0.6 is 11.6 Å². The van der Waals surface area contributed by atoms with Gasteiger partial charge in [-0.25, -0.2) is 8.78 Å². The summed E-state index contributed by atoms with van der Waals surface area (Å²) in [7, 11) is 1.82. The van der Waals surface area contributed by atoms with Gasteiger partial charge in [-0.2, -0.15) is 0 Å². The molecule has 0 radical (unpaired) electrons. The summed E-state index contributed by atoms with van der Waals surface area (Å²) in [5, 5.41) is 3.21. The Balaban J connectivity index is 2.57. The molecule has 0 heterocycles. The summed E-state index contributed by atoms with van der Waals surface area (Å²) in [6.45, 7) is 2.26. The Kier molecular flexibility index (Phi) is 4.17. The number of halogens is 3. The van der Waals surface area contributed by atoms with Gasteiger partial charge in [-0.05, 0) is 49.4 Å². The van der Waals surface area contributed by atoms with Gasteiger partial charge in [0.05, 0.1) is 5.02 Å². The molecule has 1 nitrogen and oxygen atoms in total. The standard InChI is InChI=1S/C15H14ClF2N/c1-9-5-11(13(16)7-15(9)18)12-6-10(8-19-2)3-4-14(12)17/h3-7,19H,8H2,1-2H3. The van der Waals surface area contributed by atoms with Crippen LogP contribution in [0.25, 0.3) is 11.1 Å². The molecule has 0 aromatic heterocycles. The van der Waals surface area contributed by atoms with Crippen molar-refractivity contribution in [3.63, 3.8) is 0 Å². The van der Waals surface area contributed by atoms with Gasteiger partial charge in [-0.3, -0.25) is 0 Å². The number of hydrogen-bond donors (Lipinski definition) is 1. The fraction of sp³-hybridized carbons (Fsp3) is 0.200. The highest BCUT2D eigenvalue weighted by atomic mass is 35.5. The fourth-order valence-corrected chi connectivity index (χ4v) is 2.21. The molecule has 2 rings (SSSR count). The molecular formula is C15H14ClF2N. The molecule has 0 aliphatic rings. The van der Waals surface area contributed by atoms with E-state index < -0.39 is 0 Å². The van der Waals surface area contributed by atoms with Crippen LogP contribution in [0.2, 0.25) is 5.02 Å². The fourth-order valence-electron chi connectivity index (χ4n) is 1.96. The van der Waals surface area contributed by atoms with Gasteiger partial charge in [0.2, 0.25) is 0 Å². The summed E-state index contributed by atoms with van der Waals surface area (Å²) < 4.78 is 27.3. The average molecular weight is 282 g/mol. The number of benzene rings is 2. The number of rotatable bonds is 3. The van der Waals surface area contributed by atoms with Crippen molar-refractivity contribution in [1.82, 2.24) is 5.32 Å².